The molecule has 4 rings (SSSR count). The van der Waals surface area contributed by atoms with Crippen LogP contribution in [0.25, 0.3) is 10.8 Å². The maximum absolute atomic E-state index is 13.5. The third-order valence-corrected chi connectivity index (χ3v) is 6.82. The van der Waals surface area contributed by atoms with E-state index in [0.717, 1.165) is 16.3 Å². The first-order valence-electron chi connectivity index (χ1n) is 13.2. The highest BCUT2D eigenvalue weighted by molar-refractivity contribution is 5.98. The first kappa shape index (κ1) is 29.2. The van der Waals surface area contributed by atoms with Gasteiger partial charge >= 0.3 is 0 Å². The molecule has 5 N–H and O–H groups in total. The van der Waals surface area contributed by atoms with Crippen molar-refractivity contribution in [3.8, 4) is 0 Å². The number of nitrogens with one attached hydrogen (secondary N) is 4. The van der Waals surface area contributed by atoms with Crippen molar-refractivity contribution in [1.29, 1.82) is 0 Å². The molecule has 2 aromatic carbocycles. The Morgan fingerprint density at radius 3 is 2.55 bits per heavy atom. The van der Waals surface area contributed by atoms with E-state index in [-0.39, 0.29) is 12.1 Å². The fraction of sp³-hybridized carbons (Fsp3) is 0.448. The topological polar surface area (TPSA) is 155 Å². The van der Waals surface area contributed by atoms with Gasteiger partial charge in [-0.2, -0.15) is 0 Å². The van der Waals surface area contributed by atoms with Crippen LogP contribution in [0.4, 0.5) is 0 Å². The van der Waals surface area contributed by atoms with Crippen molar-refractivity contribution in [1.82, 2.24) is 26.4 Å². The highest BCUT2D eigenvalue weighted by Gasteiger charge is 2.61. The minimum Gasteiger partial charge on any atom is -0.379 e. The van der Waals surface area contributed by atoms with Gasteiger partial charge in [0.25, 0.3) is 5.91 Å². The molecule has 1 aliphatic carbocycles. The van der Waals surface area contributed by atoms with Crippen molar-refractivity contribution in [2.75, 3.05) is 7.11 Å². The number of aliphatic hydroxyl groups is 1. The van der Waals surface area contributed by atoms with Crippen LogP contribution in [0.5, 0.6) is 0 Å². The second-order valence-electron chi connectivity index (χ2n) is 11.2. The second kappa shape index (κ2) is 11.7. The Morgan fingerprint density at radius 1 is 1.18 bits per heavy atom. The first-order valence-corrected chi connectivity index (χ1v) is 13.2. The van der Waals surface area contributed by atoms with Crippen LogP contribution >= 0.6 is 0 Å². The predicted molar refractivity (Wildman–Crippen MR) is 148 cm³/mol. The number of nitrogens with zero attached hydrogens (tertiary/aromatic N) is 1. The molecule has 214 valence electrons. The molecule has 1 fully saturated rings. The van der Waals surface area contributed by atoms with E-state index in [1.807, 2.05) is 63.2 Å². The van der Waals surface area contributed by atoms with Crippen LogP contribution in [0.3, 0.4) is 0 Å². The summed E-state index contributed by atoms with van der Waals surface area (Å²) in [7, 11) is 1.50. The molecule has 0 spiro atoms. The fourth-order valence-corrected chi connectivity index (χ4v) is 4.75. The molecule has 1 aromatic heterocycles. The molecule has 1 aliphatic rings. The van der Waals surface area contributed by atoms with Crippen LogP contribution in [0.2, 0.25) is 0 Å². The van der Waals surface area contributed by atoms with Crippen LogP contribution in [0.1, 0.15) is 55.4 Å². The van der Waals surface area contributed by atoms with Gasteiger partial charge in [-0.3, -0.25) is 19.7 Å². The zero-order valence-electron chi connectivity index (χ0n) is 23.4. The number of amides is 3. The summed E-state index contributed by atoms with van der Waals surface area (Å²) in [6.45, 7) is 7.43. The van der Waals surface area contributed by atoms with Crippen LogP contribution < -0.4 is 21.3 Å². The lowest BCUT2D eigenvalue weighted by Gasteiger charge is -2.29. The lowest BCUT2D eigenvalue weighted by atomic mass is 10.0. The molecule has 0 radical (unpaired) electrons. The van der Waals surface area contributed by atoms with E-state index >= 15 is 0 Å². The van der Waals surface area contributed by atoms with Crippen molar-refractivity contribution in [2.45, 2.75) is 76.5 Å². The molecule has 1 heterocycles. The number of aliphatic hydroxyl groups excluding tert-OH is 1. The number of hydrogen-bond acceptors (Lipinski definition) is 8. The molecule has 0 bridgehead atoms. The summed E-state index contributed by atoms with van der Waals surface area (Å²) in [5.41, 5.74) is -0.713. The molecule has 3 amide bonds. The number of fused-ring (bicyclic) bond motifs is 1. The number of benzene rings is 2. The molecule has 4 atom stereocenters. The van der Waals surface area contributed by atoms with E-state index in [9.17, 15) is 19.5 Å². The summed E-state index contributed by atoms with van der Waals surface area (Å²) in [4.78, 5) is 39.1. The number of aryl methyl sites for hydroxylation is 1. The Balaban J connectivity index is 1.49. The lowest BCUT2D eigenvalue weighted by Crippen LogP contribution is -2.59. The maximum atomic E-state index is 13.5. The van der Waals surface area contributed by atoms with E-state index < -0.39 is 47.2 Å². The maximum Gasteiger partial charge on any atom is 0.274 e. The molecule has 0 saturated heterocycles. The average molecular weight is 552 g/mol. The number of carbonyl (C=O) groups is 3. The van der Waals surface area contributed by atoms with E-state index in [0.29, 0.717) is 18.7 Å². The van der Waals surface area contributed by atoms with Gasteiger partial charge in [-0.25, -0.2) is 0 Å². The highest BCUT2D eigenvalue weighted by Crippen LogP contribution is 2.41. The quantitative estimate of drug-likeness (QED) is 0.227. The van der Waals surface area contributed by atoms with E-state index in [2.05, 4.69) is 26.4 Å². The SMILES string of the molecule is CO[C@@H]1C[C@]1(NC(=O)[C@H](CC(=O)NC(C)(C)C)NC(=O)c1cc(C)on1)C(O)NCc1cccc2ccccc12. The molecular formula is C29H37N5O6. The number of methoxy groups -OCH3 is 1. The van der Waals surface area contributed by atoms with Gasteiger partial charge < -0.3 is 30.3 Å². The van der Waals surface area contributed by atoms with Gasteiger partial charge in [-0.1, -0.05) is 47.6 Å². The van der Waals surface area contributed by atoms with Crippen LogP contribution in [0.15, 0.2) is 53.1 Å². The van der Waals surface area contributed by atoms with E-state index in [4.69, 9.17) is 9.26 Å². The second-order valence-corrected chi connectivity index (χ2v) is 11.2. The van der Waals surface area contributed by atoms with Crippen LogP contribution in [-0.4, -0.2) is 64.5 Å². The third kappa shape index (κ3) is 6.85. The average Bonchev–Trinajstić information content (AvgIpc) is 3.44. The van der Waals surface area contributed by atoms with Crippen molar-refractivity contribution in [3.63, 3.8) is 0 Å². The van der Waals surface area contributed by atoms with Gasteiger partial charge in [-0.05, 0) is 44.0 Å². The first-order chi connectivity index (χ1) is 18.9. The zero-order valence-corrected chi connectivity index (χ0v) is 23.4. The lowest BCUT2D eigenvalue weighted by molar-refractivity contribution is -0.130. The van der Waals surface area contributed by atoms with Gasteiger partial charge in [0.2, 0.25) is 11.8 Å². The van der Waals surface area contributed by atoms with Crippen LogP contribution in [0, 0.1) is 6.92 Å². The largest absolute Gasteiger partial charge is 0.379 e. The monoisotopic (exact) mass is 551 g/mol. The molecule has 40 heavy (non-hydrogen) atoms. The van der Waals surface area contributed by atoms with Gasteiger partial charge in [0, 0.05) is 31.7 Å². The number of carbonyl (C=O) groups excluding carboxylic acids is 3. The van der Waals surface area contributed by atoms with Gasteiger partial charge in [0.05, 0.1) is 12.5 Å². The Bertz CT molecular complexity index is 1380. The summed E-state index contributed by atoms with van der Waals surface area (Å²) in [5.74, 6) is -1.30. The highest BCUT2D eigenvalue weighted by atomic mass is 16.5. The van der Waals surface area contributed by atoms with Gasteiger partial charge in [0.1, 0.15) is 23.6 Å². The van der Waals surface area contributed by atoms with E-state index in [1.54, 1.807) is 6.92 Å². The minimum absolute atomic E-state index is 0.0146. The Kier molecular flexibility index (Phi) is 8.57. The Labute approximate surface area is 233 Å². The molecule has 11 nitrogen and oxygen atoms in total. The normalized spacial score (nSPS) is 20.0. The molecule has 1 saturated carbocycles. The fourth-order valence-electron chi connectivity index (χ4n) is 4.75. The summed E-state index contributed by atoms with van der Waals surface area (Å²) in [6, 6.07) is 14.1. The van der Waals surface area contributed by atoms with Crippen molar-refractivity contribution in [2.24, 2.45) is 0 Å². The minimum atomic E-state index is -1.24. The van der Waals surface area contributed by atoms with Crippen molar-refractivity contribution >= 4 is 28.5 Å². The molecule has 3 aromatic rings. The standard InChI is InChI=1S/C29H37N5O6/c1-17-13-22(34-40-17)25(36)31-21(14-24(35)32-28(2,3)4)26(37)33-29(15-23(29)39-5)27(38)30-16-19-11-8-10-18-9-6-7-12-20(18)19/h6-13,21,23,27,30,38H,14-16H2,1-5H3,(H,31,36)(H,32,35)(H,33,37)/t21-,23+,27?,29+/m0/s1. The molecular weight excluding hydrogens is 514 g/mol. The predicted octanol–water partition coefficient (Wildman–Crippen LogP) is 1.92. The van der Waals surface area contributed by atoms with Crippen molar-refractivity contribution < 1.29 is 28.8 Å². The van der Waals surface area contributed by atoms with Crippen molar-refractivity contribution in [3.05, 3.63) is 65.5 Å². The van der Waals surface area contributed by atoms with Gasteiger partial charge in [-0.15, -0.1) is 0 Å². The summed E-state index contributed by atoms with van der Waals surface area (Å²) in [6.07, 6.45) is -1.61. The smallest absolute Gasteiger partial charge is 0.274 e. The van der Waals surface area contributed by atoms with Gasteiger partial charge in [0.15, 0.2) is 5.69 Å². The van der Waals surface area contributed by atoms with Crippen LogP contribution in [-0.2, 0) is 20.9 Å². The number of rotatable bonds is 11. The zero-order chi connectivity index (χ0) is 29.1. The summed E-state index contributed by atoms with van der Waals surface area (Å²) < 4.78 is 10.5. The number of aromatic nitrogens is 1. The summed E-state index contributed by atoms with van der Waals surface area (Å²) >= 11 is 0. The summed E-state index contributed by atoms with van der Waals surface area (Å²) in [5, 5.41) is 28.4. The molecule has 11 heteroatoms. The molecule has 1 unspecified atom stereocenters. The number of ether oxygens (including phenoxy) is 1. The Hall–Kier alpha value is -3.80. The van der Waals surface area contributed by atoms with E-state index in [1.165, 1.54) is 13.2 Å². The number of hydrogen-bond donors (Lipinski definition) is 5. The Morgan fingerprint density at radius 2 is 1.90 bits per heavy atom. The molecule has 0 aliphatic heterocycles. The third-order valence-electron chi connectivity index (χ3n) is 6.82.